The molecule has 1 N–H and O–H groups in total. The topological polar surface area (TPSA) is 85.6 Å². The van der Waals surface area contributed by atoms with Gasteiger partial charge in [-0.15, -0.1) is 0 Å². The molecule has 0 aliphatic carbocycles. The number of rotatable bonds is 6. The van der Waals surface area contributed by atoms with Crippen LogP contribution in [-0.4, -0.2) is 21.0 Å². The van der Waals surface area contributed by atoms with E-state index in [1.807, 2.05) is 74.5 Å². The first-order chi connectivity index (χ1) is 17.7. The summed E-state index contributed by atoms with van der Waals surface area (Å²) in [4.78, 5) is 13.4. The molecule has 0 fully saturated rings. The fourth-order valence-electron chi connectivity index (χ4n) is 4.63. The minimum Gasteiger partial charge on any atom is -0.462 e. The molecule has 0 bridgehead atoms. The van der Waals surface area contributed by atoms with E-state index in [1.165, 1.54) is 0 Å². The minimum atomic E-state index is -3.93. The van der Waals surface area contributed by atoms with Crippen molar-refractivity contribution in [2.75, 3.05) is 11.3 Å². The van der Waals surface area contributed by atoms with Crippen LogP contribution in [0.15, 0.2) is 82.1 Å². The lowest BCUT2D eigenvalue weighted by molar-refractivity contribution is 0.0528. The van der Waals surface area contributed by atoms with Gasteiger partial charge in [0.1, 0.15) is 16.9 Å². The third kappa shape index (κ3) is 4.36. The lowest BCUT2D eigenvalue weighted by Crippen LogP contribution is -2.15. The van der Waals surface area contributed by atoms with Crippen LogP contribution in [0.3, 0.4) is 0 Å². The molecular weight excluding hydrogens is 486 g/mol. The van der Waals surface area contributed by atoms with Crippen molar-refractivity contribution in [3.63, 3.8) is 0 Å². The van der Waals surface area contributed by atoms with Gasteiger partial charge >= 0.3 is 5.97 Å². The number of carbonyl (C=O) groups is 1. The molecule has 5 rings (SSSR count). The minimum absolute atomic E-state index is 0.193. The molecule has 0 aliphatic rings. The molecule has 1 heterocycles. The van der Waals surface area contributed by atoms with Crippen molar-refractivity contribution < 1.29 is 22.4 Å². The number of carbonyl (C=O) groups excluding carboxylic acids is 1. The van der Waals surface area contributed by atoms with Crippen LogP contribution in [0.4, 0.5) is 5.69 Å². The van der Waals surface area contributed by atoms with Crippen LogP contribution in [0.2, 0.25) is 0 Å². The number of furan rings is 1. The highest BCUT2D eigenvalue weighted by atomic mass is 32.2. The Hall–Kier alpha value is -4.10. The molecule has 1 aromatic heterocycles. The zero-order chi connectivity index (χ0) is 26.3. The van der Waals surface area contributed by atoms with Crippen LogP contribution in [0, 0.1) is 20.8 Å². The van der Waals surface area contributed by atoms with E-state index in [0.29, 0.717) is 38.8 Å². The van der Waals surface area contributed by atoms with E-state index in [1.54, 1.807) is 26.0 Å². The maximum absolute atomic E-state index is 13.6. The lowest BCUT2D eigenvalue weighted by Gasteiger charge is -2.14. The summed E-state index contributed by atoms with van der Waals surface area (Å²) in [6.07, 6.45) is 0. The first kappa shape index (κ1) is 24.6. The molecule has 0 saturated carbocycles. The second-order valence-electron chi connectivity index (χ2n) is 9.05. The number of sulfonamides is 1. The first-order valence-corrected chi connectivity index (χ1v) is 13.5. The van der Waals surface area contributed by atoms with E-state index >= 15 is 0 Å². The van der Waals surface area contributed by atoms with Crippen molar-refractivity contribution >= 4 is 43.4 Å². The lowest BCUT2D eigenvalue weighted by atomic mass is 10.0. The molecule has 7 heteroatoms. The van der Waals surface area contributed by atoms with Crippen LogP contribution in [0.1, 0.15) is 34.0 Å². The Morgan fingerprint density at radius 3 is 2.19 bits per heavy atom. The Labute approximate surface area is 215 Å². The van der Waals surface area contributed by atoms with E-state index < -0.39 is 16.0 Å². The highest BCUT2D eigenvalue weighted by Crippen LogP contribution is 2.41. The Bertz CT molecular complexity index is 1770. The molecule has 0 saturated heterocycles. The number of hydrogen-bond acceptors (Lipinski definition) is 5. The van der Waals surface area contributed by atoms with E-state index in [9.17, 15) is 13.2 Å². The van der Waals surface area contributed by atoms with Gasteiger partial charge in [0.15, 0.2) is 0 Å². The normalized spacial score (nSPS) is 11.7. The summed E-state index contributed by atoms with van der Waals surface area (Å²) in [5, 5.41) is 1.82. The quantitative estimate of drug-likeness (QED) is 0.244. The van der Waals surface area contributed by atoms with Gasteiger partial charge < -0.3 is 9.15 Å². The van der Waals surface area contributed by atoms with Gasteiger partial charge in [-0.25, -0.2) is 13.2 Å². The molecule has 0 radical (unpaired) electrons. The van der Waals surface area contributed by atoms with Crippen LogP contribution in [-0.2, 0) is 14.8 Å². The molecule has 0 unspecified atom stereocenters. The number of aryl methyl sites for hydroxylation is 3. The van der Waals surface area contributed by atoms with Crippen LogP contribution in [0.25, 0.3) is 33.1 Å². The number of ether oxygens (including phenoxy) is 1. The molecule has 4 aromatic carbocycles. The summed E-state index contributed by atoms with van der Waals surface area (Å²) in [5.74, 6) is -0.154. The summed E-state index contributed by atoms with van der Waals surface area (Å²) in [5.41, 5.74) is 4.39. The summed E-state index contributed by atoms with van der Waals surface area (Å²) < 4.78 is 41.6. The Morgan fingerprint density at radius 2 is 1.49 bits per heavy atom. The molecule has 37 heavy (non-hydrogen) atoms. The molecule has 188 valence electrons. The second-order valence-corrected chi connectivity index (χ2v) is 10.7. The van der Waals surface area contributed by atoms with Crippen LogP contribution in [0.5, 0.6) is 0 Å². The van der Waals surface area contributed by atoms with Gasteiger partial charge in [-0.1, -0.05) is 60.7 Å². The van der Waals surface area contributed by atoms with Gasteiger partial charge in [0.2, 0.25) is 0 Å². The van der Waals surface area contributed by atoms with Crippen molar-refractivity contribution in [2.24, 2.45) is 0 Å². The third-order valence-electron chi connectivity index (χ3n) is 6.54. The molecule has 0 spiro atoms. The number of fused-ring (bicyclic) bond motifs is 3. The Kier molecular flexibility index (Phi) is 6.25. The van der Waals surface area contributed by atoms with Gasteiger partial charge in [0.05, 0.1) is 17.2 Å². The fraction of sp³-hybridized carbons (Fsp3) is 0.167. The van der Waals surface area contributed by atoms with Gasteiger partial charge in [-0.3, -0.25) is 4.72 Å². The third-order valence-corrected chi connectivity index (χ3v) is 8.04. The largest absolute Gasteiger partial charge is 0.462 e. The number of esters is 1. The molecular formula is C30H27NO5S. The number of benzene rings is 4. The van der Waals surface area contributed by atoms with Crippen molar-refractivity contribution in [2.45, 2.75) is 32.6 Å². The summed E-state index contributed by atoms with van der Waals surface area (Å²) >= 11 is 0. The highest BCUT2D eigenvalue weighted by molar-refractivity contribution is 7.92. The van der Waals surface area contributed by atoms with E-state index in [0.717, 1.165) is 16.7 Å². The van der Waals surface area contributed by atoms with Gasteiger partial charge in [-0.2, -0.15) is 0 Å². The molecule has 5 aromatic rings. The zero-order valence-corrected chi connectivity index (χ0v) is 21.9. The van der Waals surface area contributed by atoms with Crippen molar-refractivity contribution in [1.82, 2.24) is 0 Å². The van der Waals surface area contributed by atoms with E-state index in [2.05, 4.69) is 4.72 Å². The molecule has 0 atom stereocenters. The van der Waals surface area contributed by atoms with Gasteiger partial charge in [0.25, 0.3) is 10.0 Å². The average molecular weight is 514 g/mol. The predicted molar refractivity (Wildman–Crippen MR) is 147 cm³/mol. The molecule has 6 nitrogen and oxygen atoms in total. The Balaban J connectivity index is 1.78. The smallest absolute Gasteiger partial charge is 0.342 e. The second kappa shape index (κ2) is 9.41. The van der Waals surface area contributed by atoms with Crippen LogP contribution >= 0.6 is 0 Å². The monoisotopic (exact) mass is 513 g/mol. The van der Waals surface area contributed by atoms with E-state index in [4.69, 9.17) is 9.15 Å². The molecule has 0 amide bonds. The standard InChI is InChI=1S/C30H27NO5S/c1-5-35-30(32)27-24-17-25(31-37(33,34)26-16-19(3)18(2)15-20(26)4)22-13-9-10-14-23(22)29(24)36-28(27)21-11-7-6-8-12-21/h6-17,31H,5H2,1-4H3. The average Bonchev–Trinajstić information content (AvgIpc) is 3.26. The fourth-order valence-corrected chi connectivity index (χ4v) is 6.01. The maximum Gasteiger partial charge on any atom is 0.342 e. The number of nitrogens with one attached hydrogen (secondary N) is 1. The summed E-state index contributed by atoms with van der Waals surface area (Å²) in [7, 11) is -3.93. The van der Waals surface area contributed by atoms with Gasteiger partial charge in [0, 0.05) is 21.7 Å². The number of anilines is 1. The first-order valence-electron chi connectivity index (χ1n) is 12.0. The van der Waals surface area contributed by atoms with E-state index in [-0.39, 0.29) is 17.1 Å². The summed E-state index contributed by atoms with van der Waals surface area (Å²) in [6, 6.07) is 21.9. The molecule has 0 aliphatic heterocycles. The highest BCUT2D eigenvalue weighted by Gasteiger charge is 2.27. The van der Waals surface area contributed by atoms with Crippen molar-refractivity contribution in [3.05, 3.63) is 95.1 Å². The van der Waals surface area contributed by atoms with Crippen molar-refractivity contribution in [3.8, 4) is 11.3 Å². The van der Waals surface area contributed by atoms with Crippen LogP contribution < -0.4 is 4.72 Å². The number of hydrogen-bond donors (Lipinski definition) is 1. The van der Waals surface area contributed by atoms with Crippen molar-refractivity contribution in [1.29, 1.82) is 0 Å². The SMILES string of the molecule is CCOC(=O)c1c(-c2ccccc2)oc2c1cc(NS(=O)(=O)c1cc(C)c(C)cc1C)c1ccccc12. The zero-order valence-electron chi connectivity index (χ0n) is 21.1. The maximum atomic E-state index is 13.6. The summed E-state index contributed by atoms with van der Waals surface area (Å²) in [6.45, 7) is 7.55. The Morgan fingerprint density at radius 1 is 0.838 bits per heavy atom. The predicted octanol–water partition coefficient (Wildman–Crippen LogP) is 7.16. The van der Waals surface area contributed by atoms with Gasteiger partial charge in [-0.05, 0) is 56.5 Å².